The third-order valence-electron chi connectivity index (χ3n) is 3.14. The van der Waals surface area contributed by atoms with Crippen LogP contribution < -0.4 is 5.32 Å². The van der Waals surface area contributed by atoms with Gasteiger partial charge in [-0.25, -0.2) is 4.68 Å². The van der Waals surface area contributed by atoms with Gasteiger partial charge in [0.05, 0.1) is 12.2 Å². The van der Waals surface area contributed by atoms with Gasteiger partial charge in [0.2, 0.25) is 0 Å². The molecule has 2 rings (SSSR count). The van der Waals surface area contributed by atoms with Crippen molar-refractivity contribution in [2.45, 2.75) is 45.7 Å². The van der Waals surface area contributed by atoms with E-state index in [1.807, 2.05) is 22.9 Å². The number of para-hydroxylation sites is 1. The van der Waals surface area contributed by atoms with Crippen molar-refractivity contribution in [3.63, 3.8) is 0 Å². The summed E-state index contributed by atoms with van der Waals surface area (Å²) in [6.45, 7) is 4.04. The van der Waals surface area contributed by atoms with Gasteiger partial charge in [-0.05, 0) is 25.1 Å². The molecule has 0 spiro atoms. The Labute approximate surface area is 108 Å². The van der Waals surface area contributed by atoms with Gasteiger partial charge in [0.25, 0.3) is 0 Å². The second-order valence-electron chi connectivity index (χ2n) is 4.65. The summed E-state index contributed by atoms with van der Waals surface area (Å²) in [5, 5.41) is 11.7. The zero-order valence-electron chi connectivity index (χ0n) is 11.1. The first-order chi connectivity index (χ1) is 8.92. The first-order valence-corrected chi connectivity index (χ1v) is 6.91. The van der Waals surface area contributed by atoms with E-state index in [-0.39, 0.29) is 0 Å². The second-order valence-corrected chi connectivity index (χ2v) is 4.65. The van der Waals surface area contributed by atoms with Crippen molar-refractivity contribution < 1.29 is 0 Å². The van der Waals surface area contributed by atoms with Gasteiger partial charge >= 0.3 is 0 Å². The van der Waals surface area contributed by atoms with E-state index in [0.717, 1.165) is 24.2 Å². The molecular formula is C14H22N4. The topological polar surface area (TPSA) is 42.7 Å². The smallest absolute Gasteiger partial charge is 0.113 e. The molecule has 0 aliphatic carbocycles. The fraction of sp³-hybridized carbons (Fsp3) is 0.571. The fourth-order valence-corrected chi connectivity index (χ4v) is 2.07. The van der Waals surface area contributed by atoms with Crippen molar-refractivity contribution in [1.29, 1.82) is 0 Å². The quantitative estimate of drug-likeness (QED) is 0.728. The van der Waals surface area contributed by atoms with Crippen LogP contribution in [0.5, 0.6) is 0 Å². The minimum absolute atomic E-state index is 0.744. The Morgan fingerprint density at radius 3 is 2.83 bits per heavy atom. The molecule has 1 N–H and O–H groups in total. The van der Waals surface area contributed by atoms with Crippen molar-refractivity contribution in [1.82, 2.24) is 20.3 Å². The van der Waals surface area contributed by atoms with Crippen molar-refractivity contribution in [2.75, 3.05) is 6.54 Å². The van der Waals surface area contributed by atoms with Crippen LogP contribution in [0.4, 0.5) is 0 Å². The Balaban J connectivity index is 1.70. The van der Waals surface area contributed by atoms with E-state index in [1.165, 1.54) is 32.1 Å². The minimum Gasteiger partial charge on any atom is -0.298 e. The standard InChI is InChI=1S/C14H22N4/c1-2-3-4-5-8-11-15-12-18-14-10-7-6-9-13(14)16-17-18/h6-7,9-10,15H,2-5,8,11-12H2,1H3. The van der Waals surface area contributed by atoms with Gasteiger partial charge in [-0.1, -0.05) is 50.0 Å². The summed E-state index contributed by atoms with van der Waals surface area (Å²) in [4.78, 5) is 0. The Kier molecular flexibility index (Phi) is 5.15. The summed E-state index contributed by atoms with van der Waals surface area (Å²) in [6, 6.07) is 8.05. The Hall–Kier alpha value is -1.42. The fourth-order valence-electron chi connectivity index (χ4n) is 2.07. The molecule has 1 heterocycles. The van der Waals surface area contributed by atoms with E-state index in [0.29, 0.717) is 0 Å². The van der Waals surface area contributed by atoms with Crippen molar-refractivity contribution in [3.05, 3.63) is 24.3 Å². The van der Waals surface area contributed by atoms with Crippen LogP contribution in [0.15, 0.2) is 24.3 Å². The molecule has 0 atom stereocenters. The first-order valence-electron chi connectivity index (χ1n) is 6.91. The molecule has 1 aromatic heterocycles. The first kappa shape index (κ1) is 13.0. The van der Waals surface area contributed by atoms with E-state index in [9.17, 15) is 0 Å². The summed E-state index contributed by atoms with van der Waals surface area (Å²) in [5.74, 6) is 0. The molecule has 0 unspecified atom stereocenters. The molecule has 0 fully saturated rings. The Morgan fingerprint density at radius 2 is 1.94 bits per heavy atom. The lowest BCUT2D eigenvalue weighted by atomic mass is 10.1. The summed E-state index contributed by atoms with van der Waals surface area (Å²) in [6.07, 6.45) is 6.57. The Bertz CT molecular complexity index is 464. The lowest BCUT2D eigenvalue weighted by molar-refractivity contribution is 0.491. The second kappa shape index (κ2) is 7.11. The van der Waals surface area contributed by atoms with Crippen LogP contribution in [0.3, 0.4) is 0 Å². The van der Waals surface area contributed by atoms with Gasteiger partial charge in [-0.15, -0.1) is 5.10 Å². The number of hydrogen-bond acceptors (Lipinski definition) is 3. The van der Waals surface area contributed by atoms with Gasteiger partial charge in [0.15, 0.2) is 0 Å². The number of nitrogens with one attached hydrogen (secondary N) is 1. The van der Waals surface area contributed by atoms with Gasteiger partial charge < -0.3 is 0 Å². The highest BCUT2D eigenvalue weighted by molar-refractivity contribution is 5.73. The molecule has 1 aromatic carbocycles. The molecule has 0 radical (unpaired) electrons. The van der Waals surface area contributed by atoms with E-state index >= 15 is 0 Å². The lowest BCUT2D eigenvalue weighted by Crippen LogP contribution is -2.20. The third-order valence-corrected chi connectivity index (χ3v) is 3.14. The highest BCUT2D eigenvalue weighted by Crippen LogP contribution is 2.08. The zero-order chi connectivity index (χ0) is 12.6. The van der Waals surface area contributed by atoms with Gasteiger partial charge in [0, 0.05) is 0 Å². The molecule has 0 bridgehead atoms. The highest BCUT2D eigenvalue weighted by atomic mass is 15.4. The van der Waals surface area contributed by atoms with E-state index in [2.05, 4.69) is 28.6 Å². The van der Waals surface area contributed by atoms with Crippen LogP contribution in [-0.2, 0) is 6.67 Å². The number of hydrogen-bond donors (Lipinski definition) is 1. The molecule has 2 aromatic rings. The van der Waals surface area contributed by atoms with Gasteiger partial charge in [-0.3, -0.25) is 5.32 Å². The maximum absolute atomic E-state index is 4.15. The molecule has 0 aliphatic rings. The number of nitrogens with zero attached hydrogens (tertiary/aromatic N) is 3. The molecule has 4 heteroatoms. The van der Waals surface area contributed by atoms with Gasteiger partial charge in [-0.2, -0.15) is 0 Å². The average Bonchev–Trinajstić information content (AvgIpc) is 2.81. The number of rotatable bonds is 8. The molecular weight excluding hydrogens is 224 g/mol. The molecule has 0 amide bonds. The predicted octanol–water partition coefficient (Wildman–Crippen LogP) is 2.95. The van der Waals surface area contributed by atoms with Crippen LogP contribution >= 0.6 is 0 Å². The van der Waals surface area contributed by atoms with Crippen molar-refractivity contribution in [2.24, 2.45) is 0 Å². The average molecular weight is 246 g/mol. The van der Waals surface area contributed by atoms with E-state index in [4.69, 9.17) is 0 Å². The summed E-state index contributed by atoms with van der Waals surface area (Å²) < 4.78 is 1.92. The number of fused-ring (bicyclic) bond motifs is 1. The molecule has 98 valence electrons. The Morgan fingerprint density at radius 1 is 1.11 bits per heavy atom. The number of benzene rings is 1. The number of aromatic nitrogens is 3. The minimum atomic E-state index is 0.744. The molecule has 4 nitrogen and oxygen atoms in total. The van der Waals surface area contributed by atoms with Crippen molar-refractivity contribution in [3.8, 4) is 0 Å². The van der Waals surface area contributed by atoms with Crippen molar-refractivity contribution >= 4 is 11.0 Å². The molecule has 0 aliphatic heterocycles. The van der Waals surface area contributed by atoms with Crippen LogP contribution in [0, 0.1) is 0 Å². The maximum atomic E-state index is 4.15. The molecule has 0 saturated carbocycles. The third kappa shape index (κ3) is 3.53. The summed E-state index contributed by atoms with van der Waals surface area (Å²) in [7, 11) is 0. The number of unbranched alkanes of at least 4 members (excludes halogenated alkanes) is 4. The monoisotopic (exact) mass is 246 g/mol. The molecule has 18 heavy (non-hydrogen) atoms. The van der Waals surface area contributed by atoms with Crippen LogP contribution in [-0.4, -0.2) is 21.5 Å². The summed E-state index contributed by atoms with van der Waals surface area (Å²) >= 11 is 0. The SMILES string of the molecule is CCCCCCCNCn1nnc2ccccc21. The normalized spacial score (nSPS) is 11.2. The highest BCUT2D eigenvalue weighted by Gasteiger charge is 2.01. The maximum Gasteiger partial charge on any atom is 0.113 e. The predicted molar refractivity (Wildman–Crippen MR) is 74.3 cm³/mol. The van der Waals surface area contributed by atoms with Crippen LogP contribution in [0.25, 0.3) is 11.0 Å². The largest absolute Gasteiger partial charge is 0.298 e. The van der Waals surface area contributed by atoms with E-state index < -0.39 is 0 Å². The van der Waals surface area contributed by atoms with Crippen LogP contribution in [0.2, 0.25) is 0 Å². The molecule has 0 saturated heterocycles. The van der Waals surface area contributed by atoms with E-state index in [1.54, 1.807) is 0 Å². The summed E-state index contributed by atoms with van der Waals surface area (Å²) in [5.41, 5.74) is 2.05. The lowest BCUT2D eigenvalue weighted by Gasteiger charge is -2.05. The van der Waals surface area contributed by atoms with Gasteiger partial charge in [0.1, 0.15) is 5.52 Å². The zero-order valence-corrected chi connectivity index (χ0v) is 11.1. The van der Waals surface area contributed by atoms with Crippen LogP contribution in [0.1, 0.15) is 39.0 Å².